The second-order valence-corrected chi connectivity index (χ2v) is 6.37. The van der Waals surface area contributed by atoms with Crippen molar-refractivity contribution in [3.05, 3.63) is 103 Å². The Kier molecular flexibility index (Phi) is 3.36. The summed E-state index contributed by atoms with van der Waals surface area (Å²) < 4.78 is 16.8. The molecule has 0 N–H and O–H groups in total. The summed E-state index contributed by atoms with van der Waals surface area (Å²) in [5.74, 6) is -0.198. The van der Waals surface area contributed by atoms with E-state index in [0.717, 1.165) is 33.1 Å². The Hall–Kier alpha value is -3.39. The fourth-order valence-corrected chi connectivity index (χ4v) is 3.78. The van der Waals surface area contributed by atoms with Gasteiger partial charge in [0, 0.05) is 22.0 Å². The molecule has 2 heteroatoms. The standard InChI is InChI=1S/C24H16FN/c25-21-14-6-4-11-18(21)19-13-8-16-23-24(19)20-12-5-7-15-22(20)26(23)17-9-2-1-3-10-17/h1-16H. The summed E-state index contributed by atoms with van der Waals surface area (Å²) in [6.45, 7) is 0. The van der Waals surface area contributed by atoms with Gasteiger partial charge in [0.15, 0.2) is 0 Å². The molecule has 5 aromatic rings. The third-order valence-electron chi connectivity index (χ3n) is 4.88. The highest BCUT2D eigenvalue weighted by Crippen LogP contribution is 2.38. The first-order valence-corrected chi connectivity index (χ1v) is 8.67. The monoisotopic (exact) mass is 337 g/mol. The first-order chi connectivity index (χ1) is 12.8. The Balaban J connectivity index is 1.97. The van der Waals surface area contributed by atoms with Crippen LogP contribution in [0.15, 0.2) is 97.1 Å². The summed E-state index contributed by atoms with van der Waals surface area (Å²) >= 11 is 0. The Bertz CT molecular complexity index is 1240. The van der Waals surface area contributed by atoms with Crippen molar-refractivity contribution >= 4 is 21.8 Å². The average Bonchev–Trinajstić information content (AvgIpc) is 3.04. The van der Waals surface area contributed by atoms with Crippen molar-refractivity contribution in [2.75, 3.05) is 0 Å². The topological polar surface area (TPSA) is 4.93 Å². The maximum absolute atomic E-state index is 14.5. The number of nitrogens with zero attached hydrogens (tertiary/aromatic N) is 1. The van der Waals surface area contributed by atoms with Gasteiger partial charge in [-0.1, -0.05) is 66.7 Å². The van der Waals surface area contributed by atoms with Crippen LogP contribution in [0, 0.1) is 5.82 Å². The van der Waals surface area contributed by atoms with E-state index in [1.54, 1.807) is 6.07 Å². The van der Waals surface area contributed by atoms with Crippen molar-refractivity contribution < 1.29 is 4.39 Å². The van der Waals surface area contributed by atoms with Gasteiger partial charge in [-0.3, -0.25) is 0 Å². The number of fused-ring (bicyclic) bond motifs is 3. The van der Waals surface area contributed by atoms with E-state index in [4.69, 9.17) is 0 Å². The highest BCUT2D eigenvalue weighted by atomic mass is 19.1. The number of halogens is 1. The molecule has 0 amide bonds. The van der Waals surface area contributed by atoms with Crippen LogP contribution in [0.2, 0.25) is 0 Å². The van der Waals surface area contributed by atoms with E-state index in [1.165, 1.54) is 6.07 Å². The zero-order valence-corrected chi connectivity index (χ0v) is 14.1. The van der Waals surface area contributed by atoms with E-state index in [-0.39, 0.29) is 5.82 Å². The lowest BCUT2D eigenvalue weighted by Crippen LogP contribution is -1.93. The normalized spacial score (nSPS) is 11.3. The van der Waals surface area contributed by atoms with Gasteiger partial charge in [0.25, 0.3) is 0 Å². The lowest BCUT2D eigenvalue weighted by atomic mass is 9.99. The minimum atomic E-state index is -0.198. The molecule has 1 nitrogen and oxygen atoms in total. The number of rotatable bonds is 2. The molecular weight excluding hydrogens is 321 g/mol. The van der Waals surface area contributed by atoms with Crippen LogP contribution >= 0.6 is 0 Å². The van der Waals surface area contributed by atoms with Crippen LogP contribution < -0.4 is 0 Å². The van der Waals surface area contributed by atoms with Crippen LogP contribution in [0.5, 0.6) is 0 Å². The molecule has 0 unspecified atom stereocenters. The first kappa shape index (κ1) is 14.9. The van der Waals surface area contributed by atoms with Crippen molar-refractivity contribution in [1.82, 2.24) is 4.57 Å². The Morgan fingerprint density at radius 2 is 1.19 bits per heavy atom. The molecule has 0 atom stereocenters. The van der Waals surface area contributed by atoms with Gasteiger partial charge in [-0.25, -0.2) is 4.39 Å². The van der Waals surface area contributed by atoms with Crippen LogP contribution in [0.25, 0.3) is 38.6 Å². The molecule has 0 fully saturated rings. The van der Waals surface area contributed by atoms with Gasteiger partial charge >= 0.3 is 0 Å². The molecule has 0 aliphatic heterocycles. The maximum atomic E-state index is 14.5. The van der Waals surface area contributed by atoms with Crippen molar-refractivity contribution in [3.63, 3.8) is 0 Å². The molecule has 26 heavy (non-hydrogen) atoms. The van der Waals surface area contributed by atoms with Crippen LogP contribution in [0.4, 0.5) is 4.39 Å². The molecular formula is C24H16FN. The Labute approximate surface area is 150 Å². The fourth-order valence-electron chi connectivity index (χ4n) is 3.78. The molecule has 4 aromatic carbocycles. The molecule has 0 saturated heterocycles. The third kappa shape index (κ3) is 2.16. The molecule has 0 aliphatic rings. The SMILES string of the molecule is Fc1ccccc1-c1cccc2c1c1ccccc1n2-c1ccccc1. The van der Waals surface area contributed by atoms with Crippen LogP contribution in [-0.4, -0.2) is 4.57 Å². The number of hydrogen-bond acceptors (Lipinski definition) is 0. The molecule has 124 valence electrons. The lowest BCUT2D eigenvalue weighted by Gasteiger charge is -2.09. The molecule has 0 radical (unpaired) electrons. The number of aromatic nitrogens is 1. The summed E-state index contributed by atoms with van der Waals surface area (Å²) in [5, 5.41) is 2.21. The van der Waals surface area contributed by atoms with Gasteiger partial charge < -0.3 is 4.57 Å². The summed E-state index contributed by atoms with van der Waals surface area (Å²) in [6, 6.07) is 31.7. The zero-order valence-electron chi connectivity index (χ0n) is 14.1. The van der Waals surface area contributed by atoms with Gasteiger partial charge in [-0.2, -0.15) is 0 Å². The van der Waals surface area contributed by atoms with Gasteiger partial charge in [-0.15, -0.1) is 0 Å². The highest BCUT2D eigenvalue weighted by Gasteiger charge is 2.16. The van der Waals surface area contributed by atoms with E-state index < -0.39 is 0 Å². The molecule has 5 rings (SSSR count). The largest absolute Gasteiger partial charge is 0.309 e. The van der Waals surface area contributed by atoms with Gasteiger partial charge in [0.2, 0.25) is 0 Å². The van der Waals surface area contributed by atoms with Crippen molar-refractivity contribution in [1.29, 1.82) is 0 Å². The fraction of sp³-hybridized carbons (Fsp3) is 0. The quantitative estimate of drug-likeness (QED) is 0.342. The van der Waals surface area contributed by atoms with Crippen LogP contribution in [-0.2, 0) is 0 Å². The van der Waals surface area contributed by atoms with Crippen molar-refractivity contribution in [2.45, 2.75) is 0 Å². The number of para-hydroxylation sites is 2. The van der Waals surface area contributed by atoms with E-state index in [9.17, 15) is 4.39 Å². The predicted octanol–water partition coefficient (Wildman–Crippen LogP) is 6.59. The third-order valence-corrected chi connectivity index (χ3v) is 4.88. The second-order valence-electron chi connectivity index (χ2n) is 6.37. The van der Waals surface area contributed by atoms with Gasteiger partial charge in [-0.05, 0) is 35.9 Å². The maximum Gasteiger partial charge on any atom is 0.131 e. The van der Waals surface area contributed by atoms with E-state index in [0.29, 0.717) is 5.56 Å². The smallest absolute Gasteiger partial charge is 0.131 e. The summed E-state index contributed by atoms with van der Waals surface area (Å²) in [5.41, 5.74) is 4.86. The molecule has 0 aliphatic carbocycles. The highest BCUT2D eigenvalue weighted by molar-refractivity contribution is 6.15. The number of benzene rings is 4. The van der Waals surface area contributed by atoms with Crippen LogP contribution in [0.3, 0.4) is 0 Å². The molecule has 1 aromatic heterocycles. The Morgan fingerprint density at radius 3 is 2.04 bits per heavy atom. The van der Waals surface area contributed by atoms with Crippen molar-refractivity contribution in [3.8, 4) is 16.8 Å². The minimum absolute atomic E-state index is 0.198. The summed E-state index contributed by atoms with van der Waals surface area (Å²) in [4.78, 5) is 0. The van der Waals surface area contributed by atoms with Gasteiger partial charge in [0.1, 0.15) is 5.82 Å². The second kappa shape index (κ2) is 5.85. The zero-order chi connectivity index (χ0) is 17.5. The van der Waals surface area contributed by atoms with E-state index in [2.05, 4.69) is 34.9 Å². The average molecular weight is 337 g/mol. The molecule has 1 heterocycles. The van der Waals surface area contributed by atoms with E-state index >= 15 is 0 Å². The van der Waals surface area contributed by atoms with Crippen molar-refractivity contribution in [2.24, 2.45) is 0 Å². The van der Waals surface area contributed by atoms with Gasteiger partial charge in [0.05, 0.1) is 11.0 Å². The van der Waals surface area contributed by atoms with Crippen LogP contribution in [0.1, 0.15) is 0 Å². The first-order valence-electron chi connectivity index (χ1n) is 8.67. The number of hydrogen-bond donors (Lipinski definition) is 0. The molecule has 0 saturated carbocycles. The summed E-state index contributed by atoms with van der Waals surface area (Å²) in [6.07, 6.45) is 0. The molecule has 0 spiro atoms. The molecule has 0 bridgehead atoms. The summed E-state index contributed by atoms with van der Waals surface area (Å²) in [7, 11) is 0. The predicted molar refractivity (Wildman–Crippen MR) is 106 cm³/mol. The minimum Gasteiger partial charge on any atom is -0.309 e. The van der Waals surface area contributed by atoms with E-state index in [1.807, 2.05) is 54.6 Å². The lowest BCUT2D eigenvalue weighted by molar-refractivity contribution is 0.631. The Morgan fingerprint density at radius 1 is 0.538 bits per heavy atom.